The van der Waals surface area contributed by atoms with Crippen molar-refractivity contribution >= 4 is 33.2 Å². The summed E-state index contributed by atoms with van der Waals surface area (Å²) in [4.78, 5) is 1.48. The maximum Gasteiger partial charge on any atom is 0.265 e. The zero-order chi connectivity index (χ0) is 11.6. The molecule has 0 heterocycles. The predicted molar refractivity (Wildman–Crippen MR) is 52.8 cm³/mol. The second-order valence-corrected chi connectivity index (χ2v) is 4.66. The summed E-state index contributed by atoms with van der Waals surface area (Å²) in [6, 6.07) is 1.96. The van der Waals surface area contributed by atoms with E-state index in [2.05, 4.69) is 9.43 Å². The SMILES string of the molecule is [N-]=[N+]=NS(=O)(=O)c1ccc(Cl)c(F)c1Cl. The van der Waals surface area contributed by atoms with Gasteiger partial charge in [-0.2, -0.15) is 0 Å². The molecule has 0 unspecified atom stereocenters. The number of rotatable bonds is 2. The Morgan fingerprint density at radius 1 is 1.40 bits per heavy atom. The molecule has 0 bridgehead atoms. The Labute approximate surface area is 94.1 Å². The lowest BCUT2D eigenvalue weighted by molar-refractivity contribution is 0.592. The van der Waals surface area contributed by atoms with E-state index in [1.165, 1.54) is 0 Å². The lowest BCUT2D eigenvalue weighted by Crippen LogP contribution is -1.98. The first kappa shape index (κ1) is 12.1. The highest BCUT2D eigenvalue weighted by molar-refractivity contribution is 7.90. The molecule has 1 rings (SSSR count). The fraction of sp³-hybridized carbons (Fsp3) is 0. The Bertz CT molecular complexity index is 554. The van der Waals surface area contributed by atoms with Crippen LogP contribution in [0.25, 0.3) is 10.4 Å². The van der Waals surface area contributed by atoms with Gasteiger partial charge in [-0.15, -0.1) is 0 Å². The molecule has 1 aromatic carbocycles. The number of benzene rings is 1. The van der Waals surface area contributed by atoms with Crippen molar-refractivity contribution in [1.29, 1.82) is 0 Å². The van der Waals surface area contributed by atoms with Gasteiger partial charge in [0.15, 0.2) is 5.82 Å². The predicted octanol–water partition coefficient (Wildman–Crippen LogP) is 3.13. The molecule has 0 saturated heterocycles. The lowest BCUT2D eigenvalue weighted by Gasteiger charge is -2.02. The van der Waals surface area contributed by atoms with Crippen LogP contribution in [0, 0.1) is 5.82 Å². The van der Waals surface area contributed by atoms with Crippen LogP contribution < -0.4 is 0 Å². The van der Waals surface area contributed by atoms with E-state index in [0.717, 1.165) is 12.1 Å². The largest absolute Gasteiger partial charge is 0.265 e. The highest BCUT2D eigenvalue weighted by Crippen LogP contribution is 2.30. The third kappa shape index (κ3) is 2.32. The van der Waals surface area contributed by atoms with Gasteiger partial charge in [0.2, 0.25) is 0 Å². The molecule has 0 spiro atoms. The number of hydrogen-bond acceptors (Lipinski definition) is 2. The summed E-state index contributed by atoms with van der Waals surface area (Å²) in [6.45, 7) is 0. The zero-order valence-corrected chi connectivity index (χ0v) is 9.18. The molecule has 1 aromatic rings. The second-order valence-electron chi connectivity index (χ2n) is 2.32. The second kappa shape index (κ2) is 4.24. The number of azide groups is 1. The molecule has 0 aliphatic rings. The van der Waals surface area contributed by atoms with Crippen molar-refractivity contribution in [3.8, 4) is 0 Å². The number of sulfonamides is 1. The van der Waals surface area contributed by atoms with Gasteiger partial charge in [-0.25, -0.2) is 12.8 Å². The average molecular weight is 270 g/mol. The first-order valence-corrected chi connectivity index (χ1v) is 5.54. The van der Waals surface area contributed by atoms with Crippen LogP contribution in [0.15, 0.2) is 21.5 Å². The van der Waals surface area contributed by atoms with E-state index in [-0.39, 0.29) is 5.02 Å². The lowest BCUT2D eigenvalue weighted by atomic mass is 10.3. The summed E-state index contributed by atoms with van der Waals surface area (Å²) in [5.74, 6) is -1.08. The molecule has 5 nitrogen and oxygen atoms in total. The molecule has 0 fully saturated rings. The smallest absolute Gasteiger partial charge is 0.216 e. The molecule has 80 valence electrons. The first-order valence-electron chi connectivity index (χ1n) is 3.35. The normalized spacial score (nSPS) is 10.9. The van der Waals surface area contributed by atoms with Gasteiger partial charge in [-0.3, -0.25) is 0 Å². The minimum atomic E-state index is -4.30. The Morgan fingerprint density at radius 3 is 2.53 bits per heavy atom. The van der Waals surface area contributed by atoms with Crippen molar-refractivity contribution in [3.05, 3.63) is 38.4 Å². The fourth-order valence-electron chi connectivity index (χ4n) is 0.799. The monoisotopic (exact) mass is 269 g/mol. The molecule has 0 aliphatic heterocycles. The van der Waals surface area contributed by atoms with E-state index in [4.69, 9.17) is 28.7 Å². The summed E-state index contributed by atoms with van der Waals surface area (Å²) >= 11 is 10.8. The van der Waals surface area contributed by atoms with Crippen LogP contribution in [0.4, 0.5) is 4.39 Å². The Kier molecular flexibility index (Phi) is 3.41. The van der Waals surface area contributed by atoms with Crippen molar-refractivity contribution in [2.45, 2.75) is 4.90 Å². The number of hydrogen-bond donors (Lipinski definition) is 0. The highest BCUT2D eigenvalue weighted by Gasteiger charge is 2.20. The molecular formula is C6H2Cl2FN3O2S. The fourth-order valence-corrected chi connectivity index (χ4v) is 2.20. The van der Waals surface area contributed by atoms with E-state index < -0.39 is 25.8 Å². The van der Waals surface area contributed by atoms with Gasteiger partial charge in [-0.1, -0.05) is 23.2 Å². The van der Waals surface area contributed by atoms with Crippen LogP contribution in [0.3, 0.4) is 0 Å². The number of nitrogens with zero attached hydrogens (tertiary/aromatic N) is 3. The Morgan fingerprint density at radius 2 is 2.00 bits per heavy atom. The summed E-state index contributed by atoms with van der Waals surface area (Å²) < 4.78 is 38.0. The van der Waals surface area contributed by atoms with Crippen LogP contribution in [0.5, 0.6) is 0 Å². The maximum atomic E-state index is 13.1. The Balaban J connectivity index is 3.54. The van der Waals surface area contributed by atoms with Gasteiger partial charge in [0.1, 0.15) is 0 Å². The van der Waals surface area contributed by atoms with Crippen LogP contribution in [-0.4, -0.2) is 8.42 Å². The minimum absolute atomic E-state index is 0.320. The maximum absolute atomic E-state index is 13.1. The summed E-state index contributed by atoms with van der Waals surface area (Å²) in [7, 11) is -4.30. The van der Waals surface area contributed by atoms with Gasteiger partial charge in [0.25, 0.3) is 10.0 Å². The molecule has 0 saturated carbocycles. The topological polar surface area (TPSA) is 82.9 Å². The quantitative estimate of drug-likeness (QED) is 0.358. The van der Waals surface area contributed by atoms with Gasteiger partial charge in [-0.05, 0) is 17.7 Å². The van der Waals surface area contributed by atoms with Crippen LogP contribution in [0.1, 0.15) is 0 Å². The molecule has 0 aliphatic carbocycles. The highest BCUT2D eigenvalue weighted by atomic mass is 35.5. The standard InChI is InChI=1S/C6H2Cl2FN3O2S/c7-3-1-2-4(5(8)6(3)9)15(13,14)12-11-10/h1-2H. The molecule has 0 radical (unpaired) electrons. The van der Waals surface area contributed by atoms with Crippen molar-refractivity contribution in [2.24, 2.45) is 4.52 Å². The molecule has 15 heavy (non-hydrogen) atoms. The van der Waals surface area contributed by atoms with Gasteiger partial charge < -0.3 is 0 Å². The van der Waals surface area contributed by atoms with Crippen molar-refractivity contribution in [1.82, 2.24) is 0 Å². The minimum Gasteiger partial charge on any atom is -0.216 e. The molecule has 0 amide bonds. The third-order valence-electron chi connectivity index (χ3n) is 1.42. The molecule has 9 heteroatoms. The van der Waals surface area contributed by atoms with Crippen molar-refractivity contribution in [3.63, 3.8) is 0 Å². The van der Waals surface area contributed by atoms with Crippen molar-refractivity contribution < 1.29 is 12.8 Å². The Hall–Kier alpha value is -1.01. The summed E-state index contributed by atoms with van der Waals surface area (Å²) in [5.41, 5.74) is 7.99. The summed E-state index contributed by atoms with van der Waals surface area (Å²) in [6.07, 6.45) is 0. The van der Waals surface area contributed by atoms with Crippen LogP contribution in [0.2, 0.25) is 10.0 Å². The van der Waals surface area contributed by atoms with Crippen LogP contribution >= 0.6 is 23.2 Å². The molecule has 0 atom stereocenters. The summed E-state index contributed by atoms with van der Waals surface area (Å²) in [5, 5.41) is -1.02. The zero-order valence-electron chi connectivity index (χ0n) is 6.85. The van der Waals surface area contributed by atoms with Gasteiger partial charge >= 0.3 is 0 Å². The van der Waals surface area contributed by atoms with Crippen LogP contribution in [-0.2, 0) is 10.0 Å². The molecule has 0 N–H and O–H groups in total. The molecular weight excluding hydrogens is 268 g/mol. The van der Waals surface area contributed by atoms with Gasteiger partial charge in [0.05, 0.1) is 14.9 Å². The van der Waals surface area contributed by atoms with E-state index >= 15 is 0 Å². The first-order chi connectivity index (χ1) is 6.90. The molecule has 0 aromatic heterocycles. The van der Waals surface area contributed by atoms with E-state index in [1.807, 2.05) is 0 Å². The van der Waals surface area contributed by atoms with E-state index in [1.54, 1.807) is 0 Å². The van der Waals surface area contributed by atoms with Crippen molar-refractivity contribution in [2.75, 3.05) is 0 Å². The van der Waals surface area contributed by atoms with Gasteiger partial charge in [0, 0.05) is 9.43 Å². The third-order valence-corrected chi connectivity index (χ3v) is 3.38. The van der Waals surface area contributed by atoms with E-state index in [9.17, 15) is 12.8 Å². The average Bonchev–Trinajstić information content (AvgIpc) is 2.13. The van der Waals surface area contributed by atoms with E-state index in [0.29, 0.717) is 0 Å². The number of halogens is 3.